The number of benzene rings is 1. The standard InChI is InChI=1S/C11H13BF3O2.K/c1-3-16-10-4-6-11(7-5-10)17-8-9(2)12(13,14)15;/h4-7H,2-3,8H2,1H3;/q-1;+1. The molecular formula is C11H13BF3KO2. The fourth-order valence-corrected chi connectivity index (χ4v) is 1.07. The molecule has 0 fully saturated rings. The molecule has 0 bridgehead atoms. The Bertz CT molecular complexity index is 379. The van der Waals surface area contributed by atoms with Gasteiger partial charge in [-0.15, -0.1) is 12.1 Å². The van der Waals surface area contributed by atoms with Crippen LogP contribution in [0.25, 0.3) is 0 Å². The van der Waals surface area contributed by atoms with E-state index in [-0.39, 0.29) is 51.4 Å². The molecule has 0 spiro atoms. The molecule has 0 aliphatic heterocycles. The first kappa shape index (κ1) is 18.1. The Balaban J connectivity index is 0.00000289. The number of hydrogen-bond donors (Lipinski definition) is 0. The normalized spacial score (nSPS) is 10.4. The summed E-state index contributed by atoms with van der Waals surface area (Å²) in [6.07, 6.45) is 0. The Morgan fingerprint density at radius 3 is 1.94 bits per heavy atom. The van der Waals surface area contributed by atoms with Gasteiger partial charge in [-0.3, -0.25) is 0 Å². The number of halogens is 3. The molecule has 0 saturated carbocycles. The molecule has 0 N–H and O–H groups in total. The topological polar surface area (TPSA) is 18.5 Å². The van der Waals surface area contributed by atoms with E-state index < -0.39 is 19.1 Å². The predicted molar refractivity (Wildman–Crippen MR) is 61.3 cm³/mol. The first-order valence-electron chi connectivity index (χ1n) is 5.16. The summed E-state index contributed by atoms with van der Waals surface area (Å²) in [4.78, 5) is 0. The molecule has 1 rings (SSSR count). The van der Waals surface area contributed by atoms with Gasteiger partial charge in [0.25, 0.3) is 0 Å². The van der Waals surface area contributed by atoms with Crippen molar-refractivity contribution in [2.45, 2.75) is 6.92 Å². The van der Waals surface area contributed by atoms with Gasteiger partial charge in [0.2, 0.25) is 0 Å². The van der Waals surface area contributed by atoms with Gasteiger partial charge in [-0.2, -0.15) is 0 Å². The zero-order chi connectivity index (χ0) is 12.9. The molecule has 7 heteroatoms. The smallest absolute Gasteiger partial charge is 0.494 e. The number of hydrogen-bond acceptors (Lipinski definition) is 2. The van der Waals surface area contributed by atoms with E-state index in [9.17, 15) is 12.9 Å². The Kier molecular flexibility index (Phi) is 8.29. The molecule has 0 amide bonds. The van der Waals surface area contributed by atoms with Crippen LogP contribution in [-0.2, 0) is 0 Å². The minimum atomic E-state index is -5.03. The van der Waals surface area contributed by atoms with E-state index in [0.717, 1.165) is 0 Å². The second kappa shape index (κ2) is 8.27. The van der Waals surface area contributed by atoms with Gasteiger partial charge >= 0.3 is 58.4 Å². The van der Waals surface area contributed by atoms with E-state index in [0.29, 0.717) is 18.1 Å². The minimum absolute atomic E-state index is 0. The molecule has 1 aromatic rings. The number of ether oxygens (including phenoxy) is 2. The second-order valence-electron chi connectivity index (χ2n) is 3.43. The van der Waals surface area contributed by atoms with Crippen LogP contribution in [0.4, 0.5) is 12.9 Å². The molecule has 0 heterocycles. The summed E-state index contributed by atoms with van der Waals surface area (Å²) in [6, 6.07) is 6.39. The molecule has 0 aliphatic rings. The second-order valence-corrected chi connectivity index (χ2v) is 3.43. The third-order valence-electron chi connectivity index (χ3n) is 2.02. The largest absolute Gasteiger partial charge is 1.00 e. The van der Waals surface area contributed by atoms with E-state index in [2.05, 4.69) is 6.58 Å². The van der Waals surface area contributed by atoms with Crippen LogP contribution in [0.2, 0.25) is 0 Å². The number of rotatable bonds is 6. The first-order valence-corrected chi connectivity index (χ1v) is 5.16. The summed E-state index contributed by atoms with van der Waals surface area (Å²) in [5.74, 6) is 1.01. The maximum atomic E-state index is 12.2. The third kappa shape index (κ3) is 6.29. The molecule has 0 aromatic heterocycles. The molecule has 0 radical (unpaired) electrons. The van der Waals surface area contributed by atoms with E-state index in [1.54, 1.807) is 24.3 Å². The van der Waals surface area contributed by atoms with Crippen molar-refractivity contribution in [3.8, 4) is 11.5 Å². The predicted octanol–water partition coefficient (Wildman–Crippen LogP) is 0.411. The van der Waals surface area contributed by atoms with Crippen molar-refractivity contribution >= 4 is 6.98 Å². The molecule has 0 atom stereocenters. The molecule has 1 aromatic carbocycles. The molecule has 0 saturated heterocycles. The van der Waals surface area contributed by atoms with E-state index in [1.807, 2.05) is 6.92 Å². The van der Waals surface area contributed by atoms with Crippen molar-refractivity contribution in [2.24, 2.45) is 0 Å². The monoisotopic (exact) mass is 284 g/mol. The summed E-state index contributed by atoms with van der Waals surface area (Å²) >= 11 is 0. The summed E-state index contributed by atoms with van der Waals surface area (Å²) in [5, 5.41) is 0. The average molecular weight is 284 g/mol. The summed E-state index contributed by atoms with van der Waals surface area (Å²) in [7, 11) is 0. The summed E-state index contributed by atoms with van der Waals surface area (Å²) in [6.45, 7) is -0.249. The maximum Gasteiger partial charge on any atom is 1.00 e. The van der Waals surface area contributed by atoms with Gasteiger partial charge < -0.3 is 22.4 Å². The van der Waals surface area contributed by atoms with Crippen LogP contribution < -0.4 is 60.9 Å². The van der Waals surface area contributed by atoms with Gasteiger partial charge in [-0.1, -0.05) is 0 Å². The van der Waals surface area contributed by atoms with Gasteiger partial charge in [0.05, 0.1) is 13.2 Å². The van der Waals surface area contributed by atoms with Gasteiger partial charge in [0.15, 0.2) is 0 Å². The van der Waals surface area contributed by atoms with Crippen molar-refractivity contribution in [3.63, 3.8) is 0 Å². The Labute approximate surface area is 147 Å². The van der Waals surface area contributed by atoms with Gasteiger partial charge in [-0.25, -0.2) is 0 Å². The van der Waals surface area contributed by atoms with Crippen LogP contribution in [0.5, 0.6) is 11.5 Å². The fourth-order valence-electron chi connectivity index (χ4n) is 1.07. The van der Waals surface area contributed by atoms with Crippen LogP contribution in [0.15, 0.2) is 36.3 Å². The zero-order valence-corrected chi connectivity index (χ0v) is 13.6. The first-order chi connectivity index (χ1) is 7.93. The van der Waals surface area contributed by atoms with E-state index in [4.69, 9.17) is 9.47 Å². The molecule has 94 valence electrons. The molecule has 0 unspecified atom stereocenters. The van der Waals surface area contributed by atoms with E-state index in [1.165, 1.54) is 0 Å². The quantitative estimate of drug-likeness (QED) is 0.705. The van der Waals surface area contributed by atoms with Gasteiger partial charge in [0, 0.05) is 0 Å². The van der Waals surface area contributed by atoms with Crippen LogP contribution >= 0.6 is 0 Å². The van der Waals surface area contributed by atoms with Crippen molar-refractivity contribution in [1.29, 1.82) is 0 Å². The Morgan fingerprint density at radius 1 is 1.11 bits per heavy atom. The van der Waals surface area contributed by atoms with Gasteiger partial charge in [-0.05, 0) is 31.2 Å². The summed E-state index contributed by atoms with van der Waals surface area (Å²) < 4.78 is 46.7. The van der Waals surface area contributed by atoms with Crippen molar-refractivity contribution < 1.29 is 73.8 Å². The Morgan fingerprint density at radius 2 is 1.56 bits per heavy atom. The maximum absolute atomic E-state index is 12.2. The SMILES string of the molecule is C=C(COc1ccc(OCC)cc1)[B-](F)(F)F.[K+]. The molecule has 2 nitrogen and oxygen atoms in total. The molecule has 0 aliphatic carbocycles. The molecule has 18 heavy (non-hydrogen) atoms. The van der Waals surface area contributed by atoms with Crippen LogP contribution in [0.3, 0.4) is 0 Å². The van der Waals surface area contributed by atoms with Crippen molar-refractivity contribution in [1.82, 2.24) is 0 Å². The summed E-state index contributed by atoms with van der Waals surface area (Å²) in [5.41, 5.74) is -0.848. The Hall–Kier alpha value is 0.0513. The average Bonchev–Trinajstić information content (AvgIpc) is 2.27. The fraction of sp³-hybridized carbons (Fsp3) is 0.273. The zero-order valence-electron chi connectivity index (χ0n) is 10.5. The molecular weight excluding hydrogens is 271 g/mol. The van der Waals surface area contributed by atoms with Crippen LogP contribution in [0, 0.1) is 0 Å². The van der Waals surface area contributed by atoms with E-state index >= 15 is 0 Å². The van der Waals surface area contributed by atoms with Crippen LogP contribution in [0.1, 0.15) is 6.92 Å². The minimum Gasteiger partial charge on any atom is -0.494 e. The third-order valence-corrected chi connectivity index (χ3v) is 2.02. The van der Waals surface area contributed by atoms with Gasteiger partial charge in [0.1, 0.15) is 11.5 Å². The van der Waals surface area contributed by atoms with Crippen molar-refractivity contribution in [2.75, 3.05) is 13.2 Å². The van der Waals surface area contributed by atoms with Crippen molar-refractivity contribution in [3.05, 3.63) is 36.3 Å². The van der Waals surface area contributed by atoms with Crippen LogP contribution in [-0.4, -0.2) is 20.2 Å².